The summed E-state index contributed by atoms with van der Waals surface area (Å²) in [7, 11) is -11.6. The summed E-state index contributed by atoms with van der Waals surface area (Å²) in [5.74, 6) is -2.19. The van der Waals surface area contributed by atoms with Gasteiger partial charge in [-0.3, -0.25) is 32.9 Å². The number of unbranched alkanes of at least 4 members (excludes halogenated alkanes) is 2. The van der Waals surface area contributed by atoms with E-state index < -0.39 is 64.5 Å². The maximum atomic E-state index is 12.6. The number of carbonyl (C=O) groups excluding carboxylic acids is 3. The molecule has 77 heavy (non-hydrogen) atoms. The van der Waals surface area contributed by atoms with Crippen LogP contribution in [-0.2, 0) is 69.1 Å². The lowest BCUT2D eigenvalue weighted by Crippen LogP contribution is -2.38. The number of rotatable bonds is 35. The third-order valence-electron chi connectivity index (χ3n) is 12.8. The molecular formula is C53H76N4O17S3. The summed E-state index contributed by atoms with van der Waals surface area (Å²) in [6, 6.07) is 9.37. The molecule has 21 nitrogen and oxygen atoms in total. The van der Waals surface area contributed by atoms with Crippen LogP contribution in [0.15, 0.2) is 95.6 Å². The van der Waals surface area contributed by atoms with Crippen molar-refractivity contribution in [3.05, 3.63) is 102 Å². The van der Waals surface area contributed by atoms with Crippen LogP contribution in [0.3, 0.4) is 0 Å². The standard InChI is InChI=1S/C53H76N4O17S3/c1-40(37-44(52(2,3)4)43-18-16-41(38-47(43)58)55(24-12-36-76(65,66)67)27-28-72-31-32-74-34-33-73-30-29-71-6)13-10-14-48-53(5,22-11-35-75(62,63)64)45-39-42(77(68,69)70)17-19-46(45)56(48)25-9-7-8-15-49(59)54-23-26-57-50(60)20-21-51(57)61/h10,13-14,16-21,37-39,58H,1,7-9,11-12,15,22-36H2,2-6H3,(H,54,59)(H,62,63,64)(H,65,66,67)(H,68,69,70)/b13-10+,44-37+,48-14+. The number of phenolic OH excluding ortho intramolecular Hbond substituents is 1. The molecule has 0 saturated carbocycles. The number of benzene rings is 2. The minimum absolute atomic E-state index is 0.00320. The van der Waals surface area contributed by atoms with Crippen molar-refractivity contribution in [2.24, 2.45) is 5.41 Å². The number of carbonyl (C=O) groups is 3. The fraction of sp³-hybridized carbons (Fsp3) is 0.528. The molecule has 2 aliphatic rings. The number of nitrogens with zero attached hydrogens (tertiary/aromatic N) is 3. The number of ether oxygens (including phenoxy) is 4. The molecule has 1 unspecified atom stereocenters. The van der Waals surface area contributed by atoms with Gasteiger partial charge in [-0.1, -0.05) is 52.0 Å². The van der Waals surface area contributed by atoms with E-state index in [1.807, 2.05) is 49.6 Å². The van der Waals surface area contributed by atoms with Crippen molar-refractivity contribution in [1.82, 2.24) is 10.2 Å². The van der Waals surface area contributed by atoms with Crippen LogP contribution in [0.2, 0.25) is 0 Å². The maximum Gasteiger partial charge on any atom is 0.294 e. The van der Waals surface area contributed by atoms with Gasteiger partial charge in [-0.15, -0.1) is 0 Å². The van der Waals surface area contributed by atoms with Crippen molar-refractivity contribution < 1.29 is 77.3 Å². The monoisotopic (exact) mass is 1140 g/mol. The molecule has 428 valence electrons. The van der Waals surface area contributed by atoms with Crippen LogP contribution >= 0.6 is 0 Å². The summed E-state index contributed by atoms with van der Waals surface area (Å²) < 4.78 is 123. The van der Waals surface area contributed by atoms with Gasteiger partial charge in [-0.2, -0.15) is 25.3 Å². The number of hydrogen-bond donors (Lipinski definition) is 5. The topological polar surface area (TPSA) is 293 Å². The van der Waals surface area contributed by atoms with Crippen LogP contribution in [0, 0.1) is 5.41 Å². The summed E-state index contributed by atoms with van der Waals surface area (Å²) in [5.41, 5.74) is 2.54. The summed E-state index contributed by atoms with van der Waals surface area (Å²) in [4.78, 5) is 40.8. The number of imide groups is 1. The van der Waals surface area contributed by atoms with Crippen molar-refractivity contribution in [3.63, 3.8) is 0 Å². The minimum Gasteiger partial charge on any atom is -0.507 e. The van der Waals surface area contributed by atoms with Gasteiger partial charge in [0.1, 0.15) is 5.75 Å². The predicted octanol–water partition coefficient (Wildman–Crippen LogP) is 5.89. The zero-order valence-corrected chi connectivity index (χ0v) is 47.1. The van der Waals surface area contributed by atoms with Crippen molar-refractivity contribution in [2.75, 3.05) is 107 Å². The van der Waals surface area contributed by atoms with E-state index in [-0.39, 0.29) is 68.5 Å². The number of phenols is 1. The first-order chi connectivity index (χ1) is 36.1. The molecule has 0 aliphatic carbocycles. The molecule has 0 fully saturated rings. The van der Waals surface area contributed by atoms with Gasteiger partial charge in [-0.05, 0) is 97.6 Å². The number of anilines is 2. The van der Waals surface area contributed by atoms with Gasteiger partial charge in [0.25, 0.3) is 42.2 Å². The summed E-state index contributed by atoms with van der Waals surface area (Å²) in [6.45, 7) is 15.8. The molecule has 0 saturated heterocycles. The summed E-state index contributed by atoms with van der Waals surface area (Å²) in [5, 5.41) is 14.4. The highest BCUT2D eigenvalue weighted by atomic mass is 32.2. The molecular weight excluding hydrogens is 1060 g/mol. The third-order valence-corrected chi connectivity index (χ3v) is 15.2. The Balaban J connectivity index is 1.57. The van der Waals surface area contributed by atoms with Gasteiger partial charge in [0.05, 0.1) is 62.6 Å². The first kappa shape index (κ1) is 64.2. The van der Waals surface area contributed by atoms with E-state index in [1.165, 1.54) is 24.3 Å². The average Bonchev–Trinajstić information content (AvgIpc) is 3.81. The largest absolute Gasteiger partial charge is 0.507 e. The molecule has 2 aromatic carbocycles. The Morgan fingerprint density at radius 2 is 1.40 bits per heavy atom. The lowest BCUT2D eigenvalue weighted by Gasteiger charge is -2.30. The van der Waals surface area contributed by atoms with E-state index in [0.717, 1.165) is 10.5 Å². The zero-order valence-electron chi connectivity index (χ0n) is 44.6. The number of hydrogen-bond acceptors (Lipinski definition) is 16. The number of allylic oxidation sites excluding steroid dienone is 7. The van der Waals surface area contributed by atoms with E-state index in [2.05, 4.69) is 11.9 Å². The number of amides is 3. The van der Waals surface area contributed by atoms with Crippen LogP contribution in [0.1, 0.15) is 83.8 Å². The summed E-state index contributed by atoms with van der Waals surface area (Å²) in [6.07, 6.45) is 11.6. The Morgan fingerprint density at radius 3 is 2.00 bits per heavy atom. The van der Waals surface area contributed by atoms with E-state index in [4.69, 9.17) is 18.9 Å². The van der Waals surface area contributed by atoms with Gasteiger partial charge >= 0.3 is 0 Å². The Bertz CT molecular complexity index is 2820. The molecule has 24 heteroatoms. The Morgan fingerprint density at radius 1 is 0.779 bits per heavy atom. The van der Waals surface area contributed by atoms with Gasteiger partial charge in [0, 0.05) is 92.5 Å². The Kier molecular flexibility index (Phi) is 24.7. The van der Waals surface area contributed by atoms with E-state index in [1.54, 1.807) is 43.5 Å². The molecule has 2 aliphatic heterocycles. The molecule has 3 amide bonds. The molecule has 1 atom stereocenters. The highest BCUT2D eigenvalue weighted by Crippen LogP contribution is 2.51. The van der Waals surface area contributed by atoms with Gasteiger partial charge in [0.2, 0.25) is 5.91 Å². The normalized spacial score (nSPS) is 16.8. The smallest absolute Gasteiger partial charge is 0.294 e. The molecule has 0 bridgehead atoms. The second kappa shape index (κ2) is 29.6. The van der Waals surface area contributed by atoms with E-state index >= 15 is 0 Å². The zero-order chi connectivity index (χ0) is 57.0. The van der Waals surface area contributed by atoms with Crippen LogP contribution < -0.4 is 15.1 Å². The predicted molar refractivity (Wildman–Crippen MR) is 293 cm³/mol. The molecule has 4 rings (SSSR count). The minimum atomic E-state index is -4.65. The molecule has 2 aromatic rings. The van der Waals surface area contributed by atoms with Crippen LogP contribution in [0.4, 0.5) is 11.4 Å². The van der Waals surface area contributed by atoms with Gasteiger partial charge in [-0.25, -0.2) is 0 Å². The number of methoxy groups -OCH3 is 1. The molecule has 5 N–H and O–H groups in total. The third kappa shape index (κ3) is 21.1. The van der Waals surface area contributed by atoms with Crippen LogP contribution in [0.5, 0.6) is 5.75 Å². The highest BCUT2D eigenvalue weighted by molar-refractivity contribution is 7.86. The quantitative estimate of drug-likeness (QED) is 0.0233. The second-order valence-electron chi connectivity index (χ2n) is 19.8. The first-order valence-corrected chi connectivity index (χ1v) is 30.0. The van der Waals surface area contributed by atoms with E-state index in [0.29, 0.717) is 106 Å². The molecule has 0 spiro atoms. The molecule has 0 radical (unpaired) electrons. The average molecular weight is 1140 g/mol. The van der Waals surface area contributed by atoms with Crippen LogP contribution in [-0.4, -0.2) is 164 Å². The van der Waals surface area contributed by atoms with Crippen LogP contribution in [0.25, 0.3) is 5.57 Å². The van der Waals surface area contributed by atoms with Crippen molar-refractivity contribution >= 4 is 65.0 Å². The Hall–Kier alpha value is -5.28. The van der Waals surface area contributed by atoms with Gasteiger partial charge < -0.3 is 39.2 Å². The van der Waals surface area contributed by atoms with Crippen molar-refractivity contribution in [1.29, 1.82) is 0 Å². The highest BCUT2D eigenvalue weighted by Gasteiger charge is 2.43. The molecule has 2 heterocycles. The lowest BCUT2D eigenvalue weighted by atomic mass is 9.77. The number of nitrogens with one attached hydrogen (secondary N) is 1. The van der Waals surface area contributed by atoms with Crippen molar-refractivity contribution in [3.8, 4) is 5.75 Å². The maximum absolute atomic E-state index is 12.6. The Labute approximate surface area is 453 Å². The summed E-state index contributed by atoms with van der Waals surface area (Å²) >= 11 is 0. The van der Waals surface area contributed by atoms with Gasteiger partial charge in [0.15, 0.2) is 0 Å². The van der Waals surface area contributed by atoms with Crippen molar-refractivity contribution in [2.45, 2.75) is 83.0 Å². The SMILES string of the molecule is C=C(/C=C(\c1ccc(N(CCCS(=O)(=O)O)CCOCCOCCOCCOC)cc1O)C(C)(C)C)/C=C/C=C1/N(CCCCCC(=O)NCCN2C(=O)C=CC2=O)c2ccc(S(=O)(=O)O)cc2C1(C)CCCS(=O)(=O)O. The fourth-order valence-electron chi connectivity index (χ4n) is 8.89. The lowest BCUT2D eigenvalue weighted by molar-refractivity contribution is -0.137. The number of fused-ring (bicyclic) bond motifs is 1. The van der Waals surface area contributed by atoms with E-state index in [9.17, 15) is 58.4 Å². The number of aromatic hydroxyl groups is 1. The fourth-order valence-corrected chi connectivity index (χ4v) is 10.4. The second-order valence-corrected chi connectivity index (χ2v) is 24.4. The molecule has 0 aromatic heterocycles. The first-order valence-electron chi connectivity index (χ1n) is 25.3.